The van der Waals surface area contributed by atoms with Crippen molar-refractivity contribution in [1.82, 2.24) is 19.8 Å². The number of hydrogen-bond donors (Lipinski definition) is 1. The van der Waals surface area contributed by atoms with E-state index in [2.05, 4.69) is 30.7 Å². The van der Waals surface area contributed by atoms with Crippen LogP contribution in [0, 0.1) is 17.3 Å². The molecule has 0 unspecified atom stereocenters. The Hall–Kier alpha value is -1.73. The fourth-order valence-corrected chi connectivity index (χ4v) is 6.61. The first-order valence-electron chi connectivity index (χ1n) is 11.8. The number of piperazine rings is 1. The molecule has 1 N–H and O–H groups in total. The van der Waals surface area contributed by atoms with Gasteiger partial charge in [-0.2, -0.15) is 0 Å². The van der Waals surface area contributed by atoms with Crippen LogP contribution in [0.3, 0.4) is 0 Å². The molecule has 5 rings (SSSR count). The standard InChI is InChI=1S/C24H34N4O2S/c1-24(2,3)16-7-8-17-18(13-16)31-22-20(17)21(29)25-19(26-22)14-27-9-11-28(12-10-27)23(30)15-5-4-6-15/h15-16H,4-14H2,1-3H3,(H,25,26,29)/t16-/m0/s1. The van der Waals surface area contributed by atoms with Crippen LogP contribution in [0.2, 0.25) is 0 Å². The smallest absolute Gasteiger partial charge is 0.259 e. The molecule has 6 nitrogen and oxygen atoms in total. The summed E-state index contributed by atoms with van der Waals surface area (Å²) in [6.07, 6.45) is 6.51. The zero-order valence-electron chi connectivity index (χ0n) is 19.0. The van der Waals surface area contributed by atoms with Gasteiger partial charge in [0.2, 0.25) is 5.91 Å². The average Bonchev–Trinajstić information content (AvgIpc) is 3.04. The van der Waals surface area contributed by atoms with Crippen molar-refractivity contribution >= 4 is 27.5 Å². The number of hydrogen-bond acceptors (Lipinski definition) is 5. The molecule has 1 amide bonds. The predicted molar refractivity (Wildman–Crippen MR) is 124 cm³/mol. The number of aryl methyl sites for hydroxylation is 1. The predicted octanol–water partition coefficient (Wildman–Crippen LogP) is 3.58. The Morgan fingerprint density at radius 2 is 1.90 bits per heavy atom. The van der Waals surface area contributed by atoms with Crippen molar-refractivity contribution in [2.24, 2.45) is 17.3 Å². The minimum Gasteiger partial charge on any atom is -0.340 e. The second-order valence-corrected chi connectivity index (χ2v) is 11.8. The van der Waals surface area contributed by atoms with E-state index in [1.54, 1.807) is 11.3 Å². The molecule has 168 valence electrons. The SMILES string of the molecule is CC(C)(C)[C@H]1CCc2c(sc3nc(CN4CCN(C(=O)C5CCC5)CC4)[nH]c(=O)c23)C1. The molecule has 2 aromatic heterocycles. The molecule has 1 aliphatic heterocycles. The summed E-state index contributed by atoms with van der Waals surface area (Å²) in [4.78, 5) is 39.9. The number of H-pyrrole nitrogens is 1. The Labute approximate surface area is 188 Å². The Morgan fingerprint density at radius 1 is 1.16 bits per heavy atom. The number of nitrogens with one attached hydrogen (secondary N) is 1. The molecule has 31 heavy (non-hydrogen) atoms. The second kappa shape index (κ2) is 8.00. The number of aromatic amines is 1. The summed E-state index contributed by atoms with van der Waals surface area (Å²) in [7, 11) is 0. The van der Waals surface area contributed by atoms with E-state index in [0.717, 1.165) is 74.3 Å². The molecule has 1 saturated heterocycles. The summed E-state index contributed by atoms with van der Waals surface area (Å²) >= 11 is 1.72. The van der Waals surface area contributed by atoms with Crippen molar-refractivity contribution < 1.29 is 4.79 Å². The molecule has 7 heteroatoms. The minimum absolute atomic E-state index is 0.0190. The Morgan fingerprint density at radius 3 is 2.55 bits per heavy atom. The maximum atomic E-state index is 12.9. The molecular weight excluding hydrogens is 408 g/mol. The number of nitrogens with zero attached hydrogens (tertiary/aromatic N) is 3. The van der Waals surface area contributed by atoms with Crippen molar-refractivity contribution in [2.75, 3.05) is 26.2 Å². The van der Waals surface area contributed by atoms with Gasteiger partial charge in [-0.25, -0.2) is 4.98 Å². The second-order valence-electron chi connectivity index (χ2n) is 10.7. The summed E-state index contributed by atoms with van der Waals surface area (Å²) in [6, 6.07) is 0. The van der Waals surface area contributed by atoms with Crippen molar-refractivity contribution in [2.45, 2.75) is 65.8 Å². The molecule has 2 fully saturated rings. The van der Waals surface area contributed by atoms with Gasteiger partial charge in [-0.15, -0.1) is 11.3 Å². The lowest BCUT2D eigenvalue weighted by Gasteiger charge is -2.38. The highest BCUT2D eigenvalue weighted by Crippen LogP contribution is 2.42. The first-order valence-corrected chi connectivity index (χ1v) is 12.7. The van der Waals surface area contributed by atoms with Crippen LogP contribution in [0.5, 0.6) is 0 Å². The molecular formula is C24H34N4O2S. The molecule has 0 radical (unpaired) electrons. The van der Waals surface area contributed by atoms with Gasteiger partial charge >= 0.3 is 0 Å². The van der Waals surface area contributed by atoms with Crippen LogP contribution in [-0.2, 0) is 24.2 Å². The van der Waals surface area contributed by atoms with E-state index in [0.29, 0.717) is 23.8 Å². The fourth-order valence-electron chi connectivity index (χ4n) is 5.29. The van der Waals surface area contributed by atoms with E-state index < -0.39 is 0 Å². The van der Waals surface area contributed by atoms with E-state index in [4.69, 9.17) is 4.98 Å². The van der Waals surface area contributed by atoms with Gasteiger partial charge in [0.1, 0.15) is 10.7 Å². The van der Waals surface area contributed by atoms with Crippen LogP contribution in [0.1, 0.15) is 62.7 Å². The zero-order chi connectivity index (χ0) is 21.8. The lowest BCUT2D eigenvalue weighted by Crippen LogP contribution is -2.50. The first-order chi connectivity index (χ1) is 14.8. The molecule has 0 bridgehead atoms. The highest BCUT2D eigenvalue weighted by molar-refractivity contribution is 7.18. The van der Waals surface area contributed by atoms with E-state index >= 15 is 0 Å². The van der Waals surface area contributed by atoms with E-state index in [1.807, 2.05) is 4.90 Å². The minimum atomic E-state index is 0.0190. The molecule has 0 aromatic carbocycles. The highest BCUT2D eigenvalue weighted by atomic mass is 32.1. The molecule has 3 heterocycles. The number of thiophene rings is 1. The molecule has 2 aliphatic carbocycles. The third-order valence-electron chi connectivity index (χ3n) is 7.70. The number of fused-ring (bicyclic) bond motifs is 3. The normalized spacial score (nSPS) is 23.1. The van der Waals surface area contributed by atoms with Gasteiger partial charge in [0.05, 0.1) is 11.9 Å². The fraction of sp³-hybridized carbons (Fsp3) is 0.708. The summed E-state index contributed by atoms with van der Waals surface area (Å²) < 4.78 is 0. The van der Waals surface area contributed by atoms with Gasteiger partial charge in [-0.1, -0.05) is 27.2 Å². The van der Waals surface area contributed by atoms with Crippen LogP contribution in [0.25, 0.3) is 10.2 Å². The average molecular weight is 443 g/mol. The van der Waals surface area contributed by atoms with Gasteiger partial charge in [-0.3, -0.25) is 14.5 Å². The molecule has 0 spiro atoms. The van der Waals surface area contributed by atoms with Crippen molar-refractivity contribution in [3.63, 3.8) is 0 Å². The molecule has 3 aliphatic rings. The van der Waals surface area contributed by atoms with Crippen molar-refractivity contribution in [3.05, 3.63) is 26.6 Å². The number of carbonyl (C=O) groups is 1. The largest absolute Gasteiger partial charge is 0.340 e. The van der Waals surface area contributed by atoms with Gasteiger partial charge < -0.3 is 9.88 Å². The Balaban J connectivity index is 1.28. The monoisotopic (exact) mass is 442 g/mol. The molecule has 1 atom stereocenters. The summed E-state index contributed by atoms with van der Waals surface area (Å²) in [5.74, 6) is 2.03. The van der Waals surface area contributed by atoms with E-state index in [-0.39, 0.29) is 11.5 Å². The van der Waals surface area contributed by atoms with Gasteiger partial charge in [0, 0.05) is 37.0 Å². The van der Waals surface area contributed by atoms with Crippen LogP contribution in [-0.4, -0.2) is 51.9 Å². The summed E-state index contributed by atoms with van der Waals surface area (Å²) in [6.45, 7) is 10.8. The number of carbonyl (C=O) groups excluding carboxylic acids is 1. The van der Waals surface area contributed by atoms with Crippen LogP contribution in [0.4, 0.5) is 0 Å². The lowest BCUT2D eigenvalue weighted by atomic mass is 9.72. The Bertz CT molecular complexity index is 1040. The van der Waals surface area contributed by atoms with Gasteiger partial charge in [-0.05, 0) is 49.0 Å². The van der Waals surface area contributed by atoms with Gasteiger partial charge in [0.25, 0.3) is 5.56 Å². The highest BCUT2D eigenvalue weighted by Gasteiger charge is 2.33. The zero-order valence-corrected chi connectivity index (χ0v) is 19.8. The number of rotatable bonds is 3. The Kier molecular flexibility index (Phi) is 5.45. The van der Waals surface area contributed by atoms with Crippen LogP contribution < -0.4 is 5.56 Å². The van der Waals surface area contributed by atoms with Crippen LogP contribution >= 0.6 is 11.3 Å². The lowest BCUT2D eigenvalue weighted by molar-refractivity contribution is -0.140. The van der Waals surface area contributed by atoms with E-state index in [1.165, 1.54) is 16.9 Å². The quantitative estimate of drug-likeness (QED) is 0.789. The number of amides is 1. The maximum Gasteiger partial charge on any atom is 0.259 e. The topological polar surface area (TPSA) is 69.3 Å². The first kappa shape index (κ1) is 21.1. The summed E-state index contributed by atoms with van der Waals surface area (Å²) in [5.41, 5.74) is 1.55. The molecule has 2 aromatic rings. The number of aromatic nitrogens is 2. The molecule has 1 saturated carbocycles. The van der Waals surface area contributed by atoms with Gasteiger partial charge in [0.15, 0.2) is 0 Å². The van der Waals surface area contributed by atoms with Crippen molar-refractivity contribution in [3.8, 4) is 0 Å². The third-order valence-corrected chi connectivity index (χ3v) is 8.85. The van der Waals surface area contributed by atoms with E-state index in [9.17, 15) is 9.59 Å². The van der Waals surface area contributed by atoms with Crippen LogP contribution in [0.15, 0.2) is 4.79 Å². The summed E-state index contributed by atoms with van der Waals surface area (Å²) in [5, 5.41) is 0.826. The third kappa shape index (κ3) is 4.07. The maximum absolute atomic E-state index is 12.9. The van der Waals surface area contributed by atoms with Crippen molar-refractivity contribution in [1.29, 1.82) is 0 Å².